The first kappa shape index (κ1) is 31.2. The van der Waals surface area contributed by atoms with Crippen LogP contribution in [0.25, 0.3) is 0 Å². The van der Waals surface area contributed by atoms with Gasteiger partial charge in [-0.25, -0.2) is 0 Å². The Bertz CT molecular complexity index is 1220. The summed E-state index contributed by atoms with van der Waals surface area (Å²) >= 11 is 0. The average Bonchev–Trinajstić information content (AvgIpc) is 2.90. The van der Waals surface area contributed by atoms with Crippen molar-refractivity contribution in [3.63, 3.8) is 0 Å². The monoisotopic (exact) mass is 570 g/mol. The van der Waals surface area contributed by atoms with E-state index in [0.717, 1.165) is 25.0 Å². The molecule has 1 saturated heterocycles. The van der Waals surface area contributed by atoms with Crippen LogP contribution in [0.5, 0.6) is 11.5 Å². The number of esters is 4. The highest BCUT2D eigenvalue weighted by molar-refractivity contribution is 5.68. The topological polar surface area (TPSA) is 133 Å². The van der Waals surface area contributed by atoms with Crippen LogP contribution in [0.3, 0.4) is 0 Å². The normalized spacial score (nSPS) is 21.6. The highest BCUT2D eigenvalue weighted by Gasteiger charge is 2.53. The quantitative estimate of drug-likeness (QED) is 0.211. The number of hydrogen-bond donors (Lipinski definition) is 0. The molecule has 0 aliphatic carbocycles. The Kier molecular flexibility index (Phi) is 11.3. The molecule has 2 aromatic rings. The van der Waals surface area contributed by atoms with Gasteiger partial charge in [0.25, 0.3) is 0 Å². The second-order valence-electron chi connectivity index (χ2n) is 9.21. The zero-order valence-electron chi connectivity index (χ0n) is 23.4. The van der Waals surface area contributed by atoms with Crippen LogP contribution >= 0.6 is 0 Å². The number of hydrogen-bond acceptors (Lipinski definition) is 11. The third kappa shape index (κ3) is 9.35. The van der Waals surface area contributed by atoms with E-state index in [-0.39, 0.29) is 6.61 Å². The number of ether oxygens (including phenoxy) is 7. The molecule has 1 aliphatic rings. The zero-order valence-corrected chi connectivity index (χ0v) is 23.4. The Morgan fingerprint density at radius 3 is 2.02 bits per heavy atom. The zero-order chi connectivity index (χ0) is 29.9. The van der Waals surface area contributed by atoms with Crippen LogP contribution in [0, 0.1) is 0 Å². The molecule has 1 heterocycles. The van der Waals surface area contributed by atoms with Gasteiger partial charge in [0.15, 0.2) is 12.2 Å². The summed E-state index contributed by atoms with van der Waals surface area (Å²) in [5.41, 5.74) is 1.74. The molecule has 0 spiro atoms. The van der Waals surface area contributed by atoms with Crippen molar-refractivity contribution in [3.05, 3.63) is 72.3 Å². The third-order valence-electron chi connectivity index (χ3n) is 5.85. The van der Waals surface area contributed by atoms with Crippen molar-refractivity contribution in [1.82, 2.24) is 0 Å². The van der Waals surface area contributed by atoms with Gasteiger partial charge in [0.05, 0.1) is 0 Å². The van der Waals surface area contributed by atoms with Gasteiger partial charge < -0.3 is 33.2 Å². The molecule has 2 aromatic carbocycles. The molecule has 1 unspecified atom stereocenters. The Balaban J connectivity index is 1.94. The predicted molar refractivity (Wildman–Crippen MR) is 144 cm³/mol. The molecule has 220 valence electrons. The lowest BCUT2D eigenvalue weighted by Crippen LogP contribution is -2.63. The van der Waals surface area contributed by atoms with E-state index in [2.05, 4.69) is 6.58 Å². The number of rotatable bonds is 12. The number of para-hydroxylation sites is 1. The van der Waals surface area contributed by atoms with Crippen LogP contribution in [-0.2, 0) is 49.3 Å². The molecule has 0 bridgehead atoms. The van der Waals surface area contributed by atoms with Gasteiger partial charge >= 0.3 is 23.9 Å². The molecule has 0 radical (unpaired) electrons. The van der Waals surface area contributed by atoms with E-state index in [1.807, 2.05) is 36.4 Å². The minimum atomic E-state index is -1.33. The first-order chi connectivity index (χ1) is 19.6. The molecule has 11 nitrogen and oxygen atoms in total. The van der Waals surface area contributed by atoms with Crippen molar-refractivity contribution < 1.29 is 52.3 Å². The molecule has 1 fully saturated rings. The van der Waals surface area contributed by atoms with Crippen LogP contribution in [0.1, 0.15) is 38.8 Å². The molecule has 3 rings (SSSR count). The number of benzene rings is 2. The lowest BCUT2D eigenvalue weighted by atomic mass is 9.98. The maximum Gasteiger partial charge on any atom is 0.303 e. The minimum Gasteiger partial charge on any atom is -0.490 e. The lowest BCUT2D eigenvalue weighted by Gasteiger charge is -2.44. The van der Waals surface area contributed by atoms with Crippen LogP contribution in [-0.4, -0.2) is 67.8 Å². The first-order valence-electron chi connectivity index (χ1n) is 12.9. The largest absolute Gasteiger partial charge is 0.490 e. The van der Waals surface area contributed by atoms with E-state index >= 15 is 0 Å². The Morgan fingerprint density at radius 2 is 1.41 bits per heavy atom. The fourth-order valence-corrected chi connectivity index (χ4v) is 4.25. The minimum absolute atomic E-state index is 0.348. The van der Waals surface area contributed by atoms with Crippen molar-refractivity contribution in [2.75, 3.05) is 13.2 Å². The molecule has 5 atom stereocenters. The molecule has 0 amide bonds. The van der Waals surface area contributed by atoms with Gasteiger partial charge in [0.2, 0.25) is 12.4 Å². The molecule has 0 saturated carbocycles. The lowest BCUT2D eigenvalue weighted by molar-refractivity contribution is -0.288. The third-order valence-corrected chi connectivity index (χ3v) is 5.85. The fraction of sp³-hybridized carbons (Fsp3) is 0.400. The van der Waals surface area contributed by atoms with E-state index < -0.39 is 54.6 Å². The molecular weight excluding hydrogens is 536 g/mol. The Hall–Kier alpha value is -4.38. The van der Waals surface area contributed by atoms with Gasteiger partial charge in [0, 0.05) is 34.1 Å². The summed E-state index contributed by atoms with van der Waals surface area (Å²) < 4.78 is 39.4. The number of carbonyl (C=O) groups is 4. The van der Waals surface area contributed by atoms with Crippen molar-refractivity contribution in [3.8, 4) is 11.5 Å². The highest BCUT2D eigenvalue weighted by atomic mass is 16.7. The molecule has 11 heteroatoms. The van der Waals surface area contributed by atoms with Gasteiger partial charge in [-0.1, -0.05) is 43.0 Å². The molecular formula is C30H34O11. The van der Waals surface area contributed by atoms with E-state index in [1.54, 1.807) is 18.2 Å². The van der Waals surface area contributed by atoms with E-state index in [1.165, 1.54) is 13.8 Å². The second kappa shape index (κ2) is 14.8. The molecule has 0 N–H and O–H groups in total. The van der Waals surface area contributed by atoms with Gasteiger partial charge in [-0.3, -0.25) is 19.2 Å². The van der Waals surface area contributed by atoms with E-state index in [0.29, 0.717) is 24.5 Å². The van der Waals surface area contributed by atoms with Crippen LogP contribution < -0.4 is 9.47 Å². The number of carbonyl (C=O) groups excluding carboxylic acids is 4. The van der Waals surface area contributed by atoms with Gasteiger partial charge in [0.1, 0.15) is 30.8 Å². The molecule has 41 heavy (non-hydrogen) atoms. The summed E-state index contributed by atoms with van der Waals surface area (Å²) in [5.74, 6) is -1.65. The van der Waals surface area contributed by atoms with Gasteiger partial charge in [-0.05, 0) is 29.3 Å². The van der Waals surface area contributed by atoms with Crippen molar-refractivity contribution >= 4 is 23.9 Å². The van der Waals surface area contributed by atoms with Crippen molar-refractivity contribution in [1.29, 1.82) is 0 Å². The molecule has 0 aromatic heterocycles. The van der Waals surface area contributed by atoms with Crippen LogP contribution in [0.4, 0.5) is 0 Å². The summed E-state index contributed by atoms with van der Waals surface area (Å²) in [6.07, 6.45) is -4.22. The van der Waals surface area contributed by atoms with Gasteiger partial charge in [-0.15, -0.1) is 0 Å². The maximum atomic E-state index is 12.1. The molecule has 1 aliphatic heterocycles. The summed E-state index contributed by atoms with van der Waals surface area (Å²) in [4.78, 5) is 47.7. The van der Waals surface area contributed by atoms with Crippen molar-refractivity contribution in [2.45, 2.75) is 64.8 Å². The van der Waals surface area contributed by atoms with Crippen molar-refractivity contribution in [2.24, 2.45) is 0 Å². The fourth-order valence-electron chi connectivity index (χ4n) is 4.25. The summed E-state index contributed by atoms with van der Waals surface area (Å²) in [7, 11) is 0. The SMILES string of the molecule is C=CCOc1ccc(Cc2ccccc2OC2O[C@H](COC(C)=O)[C@@H](OC(C)=O)[C@H](OC(C)=O)[C@H]2OC(C)=O)cc1. The first-order valence-corrected chi connectivity index (χ1v) is 12.9. The summed E-state index contributed by atoms with van der Waals surface area (Å²) in [6, 6.07) is 14.7. The second-order valence-corrected chi connectivity index (χ2v) is 9.21. The van der Waals surface area contributed by atoms with E-state index in [4.69, 9.17) is 33.2 Å². The van der Waals surface area contributed by atoms with Crippen LogP contribution in [0.15, 0.2) is 61.2 Å². The summed E-state index contributed by atoms with van der Waals surface area (Å²) in [5, 5.41) is 0. The Morgan fingerprint density at radius 1 is 0.805 bits per heavy atom. The summed E-state index contributed by atoms with van der Waals surface area (Å²) in [6.45, 7) is 8.38. The maximum absolute atomic E-state index is 12.1. The smallest absolute Gasteiger partial charge is 0.303 e. The van der Waals surface area contributed by atoms with Gasteiger partial charge in [-0.2, -0.15) is 0 Å². The van der Waals surface area contributed by atoms with E-state index in [9.17, 15) is 19.2 Å². The Labute approximate surface area is 238 Å². The van der Waals surface area contributed by atoms with Crippen LogP contribution in [0.2, 0.25) is 0 Å². The average molecular weight is 571 g/mol. The standard InChI is InChI=1S/C30H34O11/c1-6-15-35-24-13-11-22(12-14-24)16-23-9-7-8-10-25(23)40-30-29(39-21(5)34)28(38-20(4)33)27(37-19(3)32)26(41-30)17-36-18(2)31/h6-14,26-30H,1,15-17H2,2-5H3/t26-,27-,28+,29-,30?/m1/s1. The highest BCUT2D eigenvalue weighted by Crippen LogP contribution is 2.32. The predicted octanol–water partition coefficient (Wildman–Crippen LogP) is 3.30.